The fraction of sp³-hybridized carbons (Fsp3) is 0.562. The minimum Gasteiger partial charge on any atom is -0.464 e. The van der Waals surface area contributed by atoms with Gasteiger partial charge in [-0.25, -0.2) is 9.78 Å². The molecule has 7 heteroatoms. The van der Waals surface area contributed by atoms with E-state index in [2.05, 4.69) is 33.9 Å². The summed E-state index contributed by atoms with van der Waals surface area (Å²) in [4.78, 5) is 18.5. The van der Waals surface area contributed by atoms with Crippen molar-refractivity contribution in [3.8, 4) is 0 Å². The molecule has 0 saturated carbocycles. The normalized spacial score (nSPS) is 22.4. The third-order valence-electron chi connectivity index (χ3n) is 4.30. The summed E-state index contributed by atoms with van der Waals surface area (Å²) >= 11 is 6.08. The van der Waals surface area contributed by atoms with Crippen LogP contribution in [0.5, 0.6) is 0 Å². The van der Waals surface area contributed by atoms with Crippen LogP contribution < -0.4 is 0 Å². The van der Waals surface area contributed by atoms with Crippen LogP contribution in [-0.4, -0.2) is 46.2 Å². The molecule has 124 valence electrons. The first-order chi connectivity index (χ1) is 11.0. The Bertz CT molecular complexity index is 720. The number of hydrogen-bond donors (Lipinski definition) is 1. The fourth-order valence-electron chi connectivity index (χ4n) is 3.53. The molecule has 6 nitrogen and oxygen atoms in total. The first-order valence-electron chi connectivity index (χ1n) is 7.82. The lowest BCUT2D eigenvalue weighted by molar-refractivity contribution is 0.0594. The Morgan fingerprint density at radius 3 is 2.78 bits per heavy atom. The Balaban J connectivity index is 1.97. The van der Waals surface area contributed by atoms with Crippen molar-refractivity contribution in [1.82, 2.24) is 20.1 Å². The number of nitrogens with one attached hydrogen (secondary N) is 1. The van der Waals surface area contributed by atoms with Gasteiger partial charge >= 0.3 is 5.97 Å². The highest BCUT2D eigenvalue weighted by molar-refractivity contribution is 6.33. The van der Waals surface area contributed by atoms with Gasteiger partial charge in [0.05, 0.1) is 12.6 Å². The van der Waals surface area contributed by atoms with Crippen molar-refractivity contribution in [3.05, 3.63) is 22.5 Å². The summed E-state index contributed by atoms with van der Waals surface area (Å²) < 4.78 is 4.79. The molecule has 0 aliphatic carbocycles. The van der Waals surface area contributed by atoms with E-state index in [1.165, 1.54) is 13.5 Å². The molecule has 0 unspecified atom stereocenters. The summed E-state index contributed by atoms with van der Waals surface area (Å²) in [5.41, 5.74) is 2.53. The number of halogens is 1. The second kappa shape index (κ2) is 6.45. The van der Waals surface area contributed by atoms with Crippen LogP contribution in [0.1, 0.15) is 36.3 Å². The third kappa shape index (κ3) is 3.33. The van der Waals surface area contributed by atoms with Crippen LogP contribution >= 0.6 is 11.6 Å². The van der Waals surface area contributed by atoms with E-state index in [9.17, 15) is 4.79 Å². The number of piperidine rings is 1. The number of rotatable bonds is 3. The predicted molar refractivity (Wildman–Crippen MR) is 88.5 cm³/mol. The van der Waals surface area contributed by atoms with Gasteiger partial charge in [-0.15, -0.1) is 0 Å². The maximum Gasteiger partial charge on any atom is 0.356 e. The number of carbonyl (C=O) groups excluding carboxylic acids is 1. The fourth-order valence-corrected chi connectivity index (χ4v) is 3.70. The van der Waals surface area contributed by atoms with Gasteiger partial charge < -0.3 is 4.74 Å². The van der Waals surface area contributed by atoms with Gasteiger partial charge in [0, 0.05) is 19.6 Å². The van der Waals surface area contributed by atoms with Crippen molar-refractivity contribution in [2.24, 2.45) is 11.8 Å². The molecule has 23 heavy (non-hydrogen) atoms. The molecule has 1 fully saturated rings. The van der Waals surface area contributed by atoms with Crippen molar-refractivity contribution in [2.75, 3.05) is 20.2 Å². The highest BCUT2D eigenvalue weighted by Crippen LogP contribution is 2.27. The lowest BCUT2D eigenvalue weighted by atomic mass is 9.91. The standard InChI is InChI=1S/C16H21ClN4O2/c1-9-4-10(2)7-21(6-9)8-11-5-12(16(22)23-3)18-14-13(11)19-20-15(14)17/h5,9-10H,4,6-8H2,1-3H3,(H,19,20)/t9-,10+. The molecule has 0 spiro atoms. The molecule has 1 saturated heterocycles. The highest BCUT2D eigenvalue weighted by Gasteiger charge is 2.24. The zero-order valence-corrected chi connectivity index (χ0v) is 14.4. The number of nitrogens with zero attached hydrogens (tertiary/aromatic N) is 3. The smallest absolute Gasteiger partial charge is 0.356 e. The average Bonchev–Trinajstić information content (AvgIpc) is 2.87. The predicted octanol–water partition coefficient (Wildman–Crippen LogP) is 2.88. The zero-order chi connectivity index (χ0) is 16.6. The first-order valence-corrected chi connectivity index (χ1v) is 8.20. The van der Waals surface area contributed by atoms with Crippen LogP contribution in [0.4, 0.5) is 0 Å². The van der Waals surface area contributed by atoms with E-state index in [1.807, 2.05) is 0 Å². The SMILES string of the molecule is COC(=O)c1cc(CN2C[C@H](C)C[C@H](C)C2)c2[nH]nc(Cl)c2n1. The number of pyridine rings is 1. The van der Waals surface area contributed by atoms with Gasteiger partial charge in [0.2, 0.25) is 0 Å². The van der Waals surface area contributed by atoms with Crippen LogP contribution in [0.25, 0.3) is 11.0 Å². The maximum atomic E-state index is 11.9. The Hall–Kier alpha value is -1.66. The van der Waals surface area contributed by atoms with E-state index in [0.717, 1.165) is 30.7 Å². The second-order valence-corrected chi connectivity index (χ2v) is 6.89. The largest absolute Gasteiger partial charge is 0.464 e. The summed E-state index contributed by atoms with van der Waals surface area (Å²) in [5, 5.41) is 7.21. The van der Waals surface area contributed by atoms with Crippen LogP contribution in [0.15, 0.2) is 6.07 Å². The Kier molecular flexibility index (Phi) is 4.55. The highest BCUT2D eigenvalue weighted by atomic mass is 35.5. The minimum absolute atomic E-state index is 0.261. The van der Waals surface area contributed by atoms with Gasteiger partial charge in [-0.2, -0.15) is 5.10 Å². The number of hydrogen-bond acceptors (Lipinski definition) is 5. The molecular formula is C16H21ClN4O2. The molecule has 2 aromatic rings. The minimum atomic E-state index is -0.467. The third-order valence-corrected chi connectivity index (χ3v) is 4.56. The Morgan fingerprint density at radius 1 is 1.43 bits per heavy atom. The van der Waals surface area contributed by atoms with E-state index in [4.69, 9.17) is 16.3 Å². The average molecular weight is 337 g/mol. The van der Waals surface area contributed by atoms with Crippen LogP contribution in [0, 0.1) is 11.8 Å². The molecule has 1 aliphatic rings. The lowest BCUT2D eigenvalue weighted by Crippen LogP contribution is -2.38. The van der Waals surface area contributed by atoms with Gasteiger partial charge in [-0.05, 0) is 29.9 Å². The summed E-state index contributed by atoms with van der Waals surface area (Å²) in [6.45, 7) is 7.37. The molecule has 3 rings (SSSR count). The number of likely N-dealkylation sites (tertiary alicyclic amines) is 1. The topological polar surface area (TPSA) is 71.1 Å². The molecule has 2 atom stereocenters. The van der Waals surface area contributed by atoms with Gasteiger partial charge in [0.1, 0.15) is 11.2 Å². The van der Waals surface area contributed by atoms with Gasteiger partial charge in [0.15, 0.2) is 5.15 Å². The monoisotopic (exact) mass is 336 g/mol. The molecular weight excluding hydrogens is 316 g/mol. The molecule has 2 aromatic heterocycles. The number of ether oxygens (including phenoxy) is 1. The molecule has 0 aromatic carbocycles. The van der Waals surface area contributed by atoms with Gasteiger partial charge in [-0.1, -0.05) is 25.4 Å². The molecule has 3 heterocycles. The summed E-state index contributed by atoms with van der Waals surface area (Å²) in [7, 11) is 1.35. The number of carbonyl (C=O) groups is 1. The van der Waals surface area contributed by atoms with E-state index >= 15 is 0 Å². The van der Waals surface area contributed by atoms with Crippen molar-refractivity contribution >= 4 is 28.6 Å². The van der Waals surface area contributed by atoms with Gasteiger partial charge in [-0.3, -0.25) is 10.00 Å². The Morgan fingerprint density at radius 2 is 2.13 bits per heavy atom. The van der Waals surface area contributed by atoms with Crippen LogP contribution in [-0.2, 0) is 11.3 Å². The van der Waals surface area contributed by atoms with Crippen LogP contribution in [0.3, 0.4) is 0 Å². The number of aromatic amines is 1. The van der Waals surface area contributed by atoms with E-state index in [1.54, 1.807) is 6.07 Å². The molecule has 1 N–H and O–H groups in total. The maximum absolute atomic E-state index is 11.9. The molecule has 0 amide bonds. The van der Waals surface area contributed by atoms with Crippen molar-refractivity contribution in [2.45, 2.75) is 26.8 Å². The van der Waals surface area contributed by atoms with E-state index < -0.39 is 5.97 Å². The number of fused-ring (bicyclic) bond motifs is 1. The first kappa shape index (κ1) is 16.2. The van der Waals surface area contributed by atoms with E-state index in [0.29, 0.717) is 17.4 Å². The van der Waals surface area contributed by atoms with Crippen molar-refractivity contribution in [1.29, 1.82) is 0 Å². The summed E-state index contributed by atoms with van der Waals surface area (Å²) in [6, 6.07) is 1.77. The molecule has 0 radical (unpaired) electrons. The number of esters is 1. The number of H-pyrrole nitrogens is 1. The second-order valence-electron chi connectivity index (χ2n) is 6.54. The van der Waals surface area contributed by atoms with Crippen molar-refractivity contribution in [3.63, 3.8) is 0 Å². The summed E-state index contributed by atoms with van der Waals surface area (Å²) in [5.74, 6) is 0.869. The van der Waals surface area contributed by atoms with E-state index in [-0.39, 0.29) is 10.8 Å². The molecule has 0 bridgehead atoms. The van der Waals surface area contributed by atoms with Gasteiger partial charge in [0.25, 0.3) is 0 Å². The number of methoxy groups -OCH3 is 1. The zero-order valence-electron chi connectivity index (χ0n) is 13.6. The summed E-state index contributed by atoms with van der Waals surface area (Å²) in [6.07, 6.45) is 1.26. The van der Waals surface area contributed by atoms with Crippen molar-refractivity contribution < 1.29 is 9.53 Å². The number of aromatic nitrogens is 3. The van der Waals surface area contributed by atoms with Crippen LogP contribution in [0.2, 0.25) is 5.15 Å². The quantitative estimate of drug-likeness (QED) is 0.873. The molecule has 1 aliphatic heterocycles. The Labute approximate surface area is 140 Å². The lowest BCUT2D eigenvalue weighted by Gasteiger charge is -2.35.